The normalized spacial score (nSPS) is 22.2. The zero-order chi connectivity index (χ0) is 17.1. The lowest BCUT2D eigenvalue weighted by Crippen LogP contribution is -2.48. The molecule has 1 fully saturated rings. The van der Waals surface area contributed by atoms with Crippen molar-refractivity contribution >= 4 is 39.3 Å². The number of nitrogens with zero attached hydrogens (tertiary/aromatic N) is 3. The van der Waals surface area contributed by atoms with Gasteiger partial charge in [-0.2, -0.15) is 0 Å². The molecule has 0 radical (unpaired) electrons. The van der Waals surface area contributed by atoms with E-state index >= 15 is 0 Å². The molecule has 1 unspecified atom stereocenters. The molecule has 2 aliphatic rings. The average Bonchev–Trinajstić information content (AvgIpc) is 3.09. The van der Waals surface area contributed by atoms with Gasteiger partial charge in [-0.05, 0) is 37.3 Å². The third-order valence-corrected chi connectivity index (χ3v) is 5.61. The standard InChI is InChI=1S/C18H19N3O2S/c1-11-10-14-15(22)18(23)8-9-21(17(18)19-16(14)24-11)13-6-4-12(5-7-13)20(2)3/h4-7,10,23H,8-9H2,1-3H3. The summed E-state index contributed by atoms with van der Waals surface area (Å²) in [5, 5.41) is 11.7. The van der Waals surface area contributed by atoms with E-state index in [1.165, 1.54) is 11.3 Å². The summed E-state index contributed by atoms with van der Waals surface area (Å²) in [6.07, 6.45) is 0.369. The maximum Gasteiger partial charge on any atom is 0.205 e. The summed E-state index contributed by atoms with van der Waals surface area (Å²) < 4.78 is 0. The fourth-order valence-corrected chi connectivity index (χ4v) is 4.21. The van der Waals surface area contributed by atoms with Gasteiger partial charge in [0.05, 0.1) is 5.56 Å². The first-order chi connectivity index (χ1) is 11.4. The molecule has 0 spiro atoms. The van der Waals surface area contributed by atoms with Crippen molar-refractivity contribution in [1.29, 1.82) is 0 Å². The first-order valence-corrected chi connectivity index (χ1v) is 8.73. The quantitative estimate of drug-likeness (QED) is 0.912. The Hall–Kier alpha value is -2.18. The first-order valence-electron chi connectivity index (χ1n) is 7.92. The van der Waals surface area contributed by atoms with Gasteiger partial charge in [0.1, 0.15) is 5.00 Å². The number of amidine groups is 1. The number of aliphatic imine (C=N–C) groups is 1. The van der Waals surface area contributed by atoms with E-state index in [0.29, 0.717) is 29.4 Å². The second-order valence-electron chi connectivity index (χ2n) is 6.51. The minimum Gasteiger partial charge on any atom is -0.378 e. The van der Waals surface area contributed by atoms with Crippen molar-refractivity contribution in [2.75, 3.05) is 30.4 Å². The molecule has 5 nitrogen and oxygen atoms in total. The lowest BCUT2D eigenvalue weighted by Gasteiger charge is -2.28. The molecule has 124 valence electrons. The number of benzene rings is 1. The Morgan fingerprint density at radius 2 is 2.00 bits per heavy atom. The number of thiophene rings is 1. The van der Waals surface area contributed by atoms with Crippen LogP contribution in [0.5, 0.6) is 0 Å². The molecular weight excluding hydrogens is 322 g/mol. The molecule has 0 aliphatic carbocycles. The molecule has 1 N–H and O–H groups in total. The number of carbonyl (C=O) groups is 1. The van der Waals surface area contributed by atoms with Crippen LogP contribution >= 0.6 is 11.3 Å². The first kappa shape index (κ1) is 15.4. The minimum absolute atomic E-state index is 0.223. The highest BCUT2D eigenvalue weighted by atomic mass is 32.1. The number of carbonyl (C=O) groups excluding carboxylic acids is 1. The van der Waals surface area contributed by atoms with Crippen LogP contribution in [0, 0.1) is 6.92 Å². The van der Waals surface area contributed by atoms with Crippen LogP contribution in [0.2, 0.25) is 0 Å². The van der Waals surface area contributed by atoms with Gasteiger partial charge in [-0.25, -0.2) is 4.99 Å². The highest BCUT2D eigenvalue weighted by molar-refractivity contribution is 7.16. The second-order valence-corrected chi connectivity index (χ2v) is 7.75. The Kier molecular flexibility index (Phi) is 3.30. The van der Waals surface area contributed by atoms with Gasteiger partial charge in [0, 0.05) is 43.3 Å². The van der Waals surface area contributed by atoms with Gasteiger partial charge in [0.2, 0.25) is 5.78 Å². The van der Waals surface area contributed by atoms with Crippen molar-refractivity contribution in [3.05, 3.63) is 40.8 Å². The van der Waals surface area contributed by atoms with E-state index in [-0.39, 0.29) is 5.78 Å². The van der Waals surface area contributed by atoms with Crippen molar-refractivity contribution in [3.63, 3.8) is 0 Å². The maximum absolute atomic E-state index is 12.8. The van der Waals surface area contributed by atoms with E-state index in [2.05, 4.69) is 4.99 Å². The van der Waals surface area contributed by atoms with E-state index in [1.807, 2.05) is 61.2 Å². The van der Waals surface area contributed by atoms with Gasteiger partial charge in [-0.1, -0.05) is 0 Å². The van der Waals surface area contributed by atoms with E-state index < -0.39 is 5.60 Å². The van der Waals surface area contributed by atoms with Gasteiger partial charge in [-0.15, -0.1) is 11.3 Å². The molecule has 1 atom stereocenters. The van der Waals surface area contributed by atoms with Crippen LogP contribution in [0.3, 0.4) is 0 Å². The molecule has 1 aromatic heterocycles. The molecule has 2 aliphatic heterocycles. The van der Waals surface area contributed by atoms with E-state index in [9.17, 15) is 9.90 Å². The molecule has 2 aromatic rings. The van der Waals surface area contributed by atoms with Crippen molar-refractivity contribution in [2.24, 2.45) is 4.99 Å². The van der Waals surface area contributed by atoms with Crippen molar-refractivity contribution in [1.82, 2.24) is 0 Å². The molecular formula is C18H19N3O2S. The lowest BCUT2D eigenvalue weighted by atomic mass is 9.90. The summed E-state index contributed by atoms with van der Waals surface area (Å²) >= 11 is 1.49. The smallest absolute Gasteiger partial charge is 0.205 e. The number of Topliss-reactive ketones (excluding diaryl/α,β-unsaturated/α-hetero) is 1. The molecule has 24 heavy (non-hydrogen) atoms. The van der Waals surface area contributed by atoms with Gasteiger partial charge in [0.15, 0.2) is 11.4 Å². The summed E-state index contributed by atoms with van der Waals surface area (Å²) in [5.41, 5.74) is 1.10. The molecule has 1 saturated heterocycles. The predicted octanol–water partition coefficient (Wildman–Crippen LogP) is 2.99. The third-order valence-electron chi connectivity index (χ3n) is 4.66. The van der Waals surface area contributed by atoms with Gasteiger partial charge in [0.25, 0.3) is 0 Å². The number of aliphatic hydroxyl groups is 1. The van der Waals surface area contributed by atoms with Crippen LogP contribution in [0.15, 0.2) is 35.3 Å². The number of ketones is 1. The average molecular weight is 341 g/mol. The fourth-order valence-electron chi connectivity index (χ4n) is 3.33. The molecule has 4 rings (SSSR count). The van der Waals surface area contributed by atoms with Crippen LogP contribution in [0.25, 0.3) is 0 Å². The van der Waals surface area contributed by atoms with E-state index in [4.69, 9.17) is 0 Å². The monoisotopic (exact) mass is 341 g/mol. The Morgan fingerprint density at radius 1 is 1.29 bits per heavy atom. The molecule has 0 amide bonds. The summed E-state index contributed by atoms with van der Waals surface area (Å²) in [4.78, 5) is 22.5. The Morgan fingerprint density at radius 3 is 2.67 bits per heavy atom. The van der Waals surface area contributed by atoms with Crippen LogP contribution in [0.1, 0.15) is 21.7 Å². The Labute approximate surface area is 144 Å². The topological polar surface area (TPSA) is 56.1 Å². The summed E-state index contributed by atoms with van der Waals surface area (Å²) in [6, 6.07) is 9.89. The number of aryl methyl sites for hydroxylation is 1. The summed E-state index contributed by atoms with van der Waals surface area (Å²) in [5.74, 6) is 0.235. The summed E-state index contributed by atoms with van der Waals surface area (Å²) in [6.45, 7) is 2.53. The largest absolute Gasteiger partial charge is 0.378 e. The van der Waals surface area contributed by atoms with Gasteiger partial charge < -0.3 is 14.9 Å². The Bertz CT molecular complexity index is 854. The highest BCUT2D eigenvalue weighted by Crippen LogP contribution is 2.43. The molecule has 1 aromatic carbocycles. The highest BCUT2D eigenvalue weighted by Gasteiger charge is 2.52. The third kappa shape index (κ3) is 2.10. The molecule has 6 heteroatoms. The number of fused-ring (bicyclic) bond motifs is 2. The van der Waals surface area contributed by atoms with Crippen molar-refractivity contribution in [2.45, 2.75) is 18.9 Å². The van der Waals surface area contributed by atoms with Crippen molar-refractivity contribution in [3.8, 4) is 0 Å². The van der Waals surface area contributed by atoms with Crippen LogP contribution in [-0.2, 0) is 0 Å². The Balaban J connectivity index is 1.77. The summed E-state index contributed by atoms with van der Waals surface area (Å²) in [7, 11) is 3.99. The minimum atomic E-state index is -1.50. The van der Waals surface area contributed by atoms with E-state index in [0.717, 1.165) is 16.3 Å². The molecule has 0 saturated carbocycles. The molecule has 0 bridgehead atoms. The van der Waals surface area contributed by atoms with Crippen molar-refractivity contribution < 1.29 is 9.90 Å². The zero-order valence-electron chi connectivity index (χ0n) is 13.9. The SMILES string of the molecule is Cc1cc2c(s1)N=C1N(c3ccc(N(C)C)cc3)CCC1(O)C2=O. The number of rotatable bonds is 2. The van der Waals surface area contributed by atoms with Gasteiger partial charge in [-0.3, -0.25) is 4.79 Å². The number of hydrogen-bond donors (Lipinski definition) is 1. The lowest BCUT2D eigenvalue weighted by molar-refractivity contribution is 0.0603. The number of hydrogen-bond acceptors (Lipinski definition) is 6. The molecule has 3 heterocycles. The van der Waals surface area contributed by atoms with Crippen LogP contribution in [0.4, 0.5) is 16.4 Å². The van der Waals surface area contributed by atoms with E-state index in [1.54, 1.807) is 0 Å². The number of anilines is 2. The zero-order valence-corrected chi connectivity index (χ0v) is 14.7. The van der Waals surface area contributed by atoms with Gasteiger partial charge >= 0.3 is 0 Å². The van der Waals surface area contributed by atoms with Crippen LogP contribution in [-0.4, -0.2) is 43.0 Å². The fraction of sp³-hybridized carbons (Fsp3) is 0.333. The maximum atomic E-state index is 12.8. The predicted molar refractivity (Wildman–Crippen MR) is 98.2 cm³/mol. The second kappa shape index (κ2) is 5.16. The van der Waals surface area contributed by atoms with Crippen LogP contribution < -0.4 is 9.80 Å².